The second kappa shape index (κ2) is 7.20. The van der Waals surface area contributed by atoms with Crippen LogP contribution in [0.4, 0.5) is 4.39 Å². The summed E-state index contributed by atoms with van der Waals surface area (Å²) < 4.78 is 21.3. The Kier molecular flexibility index (Phi) is 4.73. The first-order chi connectivity index (χ1) is 13.5. The lowest BCUT2D eigenvalue weighted by molar-refractivity contribution is 0.0518. The Balaban J connectivity index is 1.95. The lowest BCUT2D eigenvalue weighted by Crippen LogP contribution is -2.11. The Hall–Kier alpha value is -2.99. The van der Waals surface area contributed by atoms with Crippen LogP contribution in [0.15, 0.2) is 47.5 Å². The smallest absolute Gasteiger partial charge is 0.359 e. The van der Waals surface area contributed by atoms with Crippen LogP contribution >= 0.6 is 11.6 Å². The molecule has 2 aromatic carbocycles. The first kappa shape index (κ1) is 18.4. The second-order valence-electron chi connectivity index (χ2n) is 6.36. The average Bonchev–Trinajstić information content (AvgIpc) is 2.91. The van der Waals surface area contributed by atoms with Crippen LogP contribution in [-0.4, -0.2) is 28.1 Å². The lowest BCUT2D eigenvalue weighted by atomic mass is 10.00. The van der Waals surface area contributed by atoms with Gasteiger partial charge < -0.3 is 4.74 Å². The first-order valence-electron chi connectivity index (χ1n) is 8.86. The molecule has 0 N–H and O–H groups in total. The molecule has 3 aromatic rings. The molecule has 0 saturated heterocycles. The van der Waals surface area contributed by atoms with Crippen LogP contribution in [0.25, 0.3) is 5.69 Å². The van der Waals surface area contributed by atoms with Gasteiger partial charge in [-0.25, -0.2) is 13.9 Å². The largest absolute Gasteiger partial charge is 0.461 e. The maximum absolute atomic E-state index is 14.5. The van der Waals surface area contributed by atoms with Crippen LogP contribution < -0.4 is 0 Å². The minimum absolute atomic E-state index is 0.244. The minimum atomic E-state index is -0.477. The molecule has 0 unspecified atom stereocenters. The van der Waals surface area contributed by atoms with Crippen molar-refractivity contribution in [3.8, 4) is 5.69 Å². The van der Waals surface area contributed by atoms with E-state index in [9.17, 15) is 9.18 Å². The van der Waals surface area contributed by atoms with E-state index in [2.05, 4.69) is 10.1 Å². The topological polar surface area (TPSA) is 56.5 Å². The van der Waals surface area contributed by atoms with Gasteiger partial charge in [0, 0.05) is 21.7 Å². The van der Waals surface area contributed by atoms with Crippen LogP contribution in [0.5, 0.6) is 0 Å². The van der Waals surface area contributed by atoms with E-state index < -0.39 is 5.97 Å². The highest BCUT2D eigenvalue weighted by molar-refractivity contribution is 6.31. The average molecular weight is 398 g/mol. The van der Waals surface area contributed by atoms with Crippen LogP contribution in [0.2, 0.25) is 5.02 Å². The van der Waals surface area contributed by atoms with Gasteiger partial charge in [0.1, 0.15) is 5.82 Å². The van der Waals surface area contributed by atoms with Gasteiger partial charge in [0.2, 0.25) is 0 Å². The zero-order valence-corrected chi connectivity index (χ0v) is 16.1. The molecule has 7 heteroatoms. The van der Waals surface area contributed by atoms with Crippen molar-refractivity contribution in [2.75, 3.05) is 6.61 Å². The predicted molar refractivity (Wildman–Crippen MR) is 105 cm³/mol. The first-order valence-corrected chi connectivity index (χ1v) is 9.24. The number of aliphatic imine (C=N–C) groups is 1. The number of rotatable bonds is 3. The van der Waals surface area contributed by atoms with Gasteiger partial charge in [-0.1, -0.05) is 23.7 Å². The summed E-state index contributed by atoms with van der Waals surface area (Å²) in [6.45, 7) is 4.07. The summed E-state index contributed by atoms with van der Waals surface area (Å²) >= 11 is 6.23. The molecule has 1 aromatic heterocycles. The molecule has 0 saturated carbocycles. The van der Waals surface area contributed by atoms with Gasteiger partial charge >= 0.3 is 5.97 Å². The van der Waals surface area contributed by atoms with Crippen molar-refractivity contribution >= 4 is 23.3 Å². The molecule has 5 nitrogen and oxygen atoms in total. The molecule has 0 aliphatic carbocycles. The molecule has 0 bridgehead atoms. The number of fused-ring (bicyclic) bond motifs is 3. The number of benzene rings is 2. The summed E-state index contributed by atoms with van der Waals surface area (Å²) in [6, 6.07) is 11.7. The molecule has 0 spiro atoms. The summed E-state index contributed by atoms with van der Waals surface area (Å²) in [7, 11) is 0. The Morgan fingerprint density at radius 1 is 1.25 bits per heavy atom. The summed E-state index contributed by atoms with van der Waals surface area (Å²) in [5.41, 5.74) is 3.91. The third kappa shape index (κ3) is 2.99. The molecule has 2 heterocycles. The number of hydrogen-bond acceptors (Lipinski definition) is 4. The highest BCUT2D eigenvalue weighted by atomic mass is 35.5. The Morgan fingerprint density at radius 3 is 2.79 bits per heavy atom. The molecular weight excluding hydrogens is 381 g/mol. The van der Waals surface area contributed by atoms with Crippen molar-refractivity contribution in [1.82, 2.24) is 9.78 Å². The number of ether oxygens (including phenoxy) is 1. The Labute approximate surface area is 166 Å². The zero-order valence-electron chi connectivity index (χ0n) is 15.4. The summed E-state index contributed by atoms with van der Waals surface area (Å²) in [5, 5.41) is 4.98. The fourth-order valence-electron chi connectivity index (χ4n) is 3.31. The fraction of sp³-hybridized carbons (Fsp3) is 0.190. The number of hydrogen-bond donors (Lipinski definition) is 0. The minimum Gasteiger partial charge on any atom is -0.461 e. The monoisotopic (exact) mass is 397 g/mol. The second-order valence-corrected chi connectivity index (χ2v) is 6.80. The maximum Gasteiger partial charge on any atom is 0.359 e. The molecule has 4 rings (SSSR count). The Morgan fingerprint density at radius 2 is 2.04 bits per heavy atom. The van der Waals surface area contributed by atoms with E-state index in [1.54, 1.807) is 48.0 Å². The van der Waals surface area contributed by atoms with E-state index in [0.29, 0.717) is 33.1 Å². The van der Waals surface area contributed by atoms with Crippen molar-refractivity contribution in [2.24, 2.45) is 4.99 Å². The van der Waals surface area contributed by atoms with E-state index >= 15 is 0 Å². The normalized spacial score (nSPS) is 12.6. The van der Waals surface area contributed by atoms with Crippen molar-refractivity contribution in [3.05, 3.63) is 81.4 Å². The standard InChI is InChI=1S/C21H17ClFN3O2/c1-3-28-21(27)19-12(2)18-11-24-20(14-6-4-5-7-16(14)23)15-10-13(22)8-9-17(15)26(18)25-19/h4-10H,3,11H2,1-2H3. The van der Waals surface area contributed by atoms with Crippen molar-refractivity contribution < 1.29 is 13.9 Å². The number of esters is 1. The number of nitrogens with zero attached hydrogens (tertiary/aromatic N) is 3. The zero-order chi connectivity index (χ0) is 19.8. The van der Waals surface area contributed by atoms with E-state index in [-0.39, 0.29) is 24.7 Å². The lowest BCUT2D eigenvalue weighted by Gasteiger charge is -2.12. The number of aromatic nitrogens is 2. The number of carbonyl (C=O) groups is 1. The summed E-state index contributed by atoms with van der Waals surface area (Å²) in [6.07, 6.45) is 0. The van der Waals surface area contributed by atoms with E-state index in [0.717, 1.165) is 5.69 Å². The third-order valence-electron chi connectivity index (χ3n) is 4.67. The molecule has 0 amide bonds. The van der Waals surface area contributed by atoms with Gasteiger partial charge in [0.15, 0.2) is 5.69 Å². The summed E-state index contributed by atoms with van der Waals surface area (Å²) in [4.78, 5) is 16.9. The molecule has 0 atom stereocenters. The van der Waals surface area contributed by atoms with E-state index in [4.69, 9.17) is 16.3 Å². The molecule has 28 heavy (non-hydrogen) atoms. The fourth-order valence-corrected chi connectivity index (χ4v) is 3.49. The number of halogens is 2. The van der Waals surface area contributed by atoms with Crippen LogP contribution in [0.3, 0.4) is 0 Å². The van der Waals surface area contributed by atoms with Gasteiger partial charge in [0.05, 0.1) is 30.2 Å². The Bertz CT molecular complexity index is 1120. The SMILES string of the molecule is CCOC(=O)c1nn2c(c1C)CN=C(c1ccccc1F)c1cc(Cl)ccc1-2. The highest BCUT2D eigenvalue weighted by Gasteiger charge is 2.27. The van der Waals surface area contributed by atoms with Gasteiger partial charge in [-0.3, -0.25) is 4.99 Å². The predicted octanol–water partition coefficient (Wildman–Crippen LogP) is 4.50. The van der Waals surface area contributed by atoms with E-state index in [1.165, 1.54) is 6.07 Å². The van der Waals surface area contributed by atoms with Crippen molar-refractivity contribution in [2.45, 2.75) is 20.4 Å². The molecular formula is C21H17ClFN3O2. The molecule has 0 radical (unpaired) electrons. The molecule has 1 aliphatic rings. The van der Waals surface area contributed by atoms with Gasteiger partial charge in [-0.15, -0.1) is 0 Å². The third-order valence-corrected chi connectivity index (χ3v) is 4.91. The molecule has 0 fully saturated rings. The summed E-state index contributed by atoms with van der Waals surface area (Å²) in [5.74, 6) is -0.843. The van der Waals surface area contributed by atoms with Crippen LogP contribution in [0, 0.1) is 12.7 Å². The molecule has 142 valence electrons. The van der Waals surface area contributed by atoms with Gasteiger partial charge in [-0.2, -0.15) is 5.10 Å². The maximum atomic E-state index is 14.5. The highest BCUT2D eigenvalue weighted by Crippen LogP contribution is 2.30. The van der Waals surface area contributed by atoms with Crippen LogP contribution in [0.1, 0.15) is 39.8 Å². The van der Waals surface area contributed by atoms with Crippen molar-refractivity contribution in [3.63, 3.8) is 0 Å². The van der Waals surface area contributed by atoms with E-state index in [1.807, 2.05) is 6.92 Å². The number of carbonyl (C=O) groups excluding carboxylic acids is 1. The quantitative estimate of drug-likeness (QED) is 0.611. The van der Waals surface area contributed by atoms with Crippen LogP contribution in [-0.2, 0) is 11.3 Å². The van der Waals surface area contributed by atoms with Gasteiger partial charge in [-0.05, 0) is 44.2 Å². The van der Waals surface area contributed by atoms with Crippen molar-refractivity contribution in [1.29, 1.82) is 0 Å². The van der Waals surface area contributed by atoms with Gasteiger partial charge in [0.25, 0.3) is 0 Å². The molecule has 1 aliphatic heterocycles.